The van der Waals surface area contributed by atoms with Gasteiger partial charge in [0.25, 0.3) is 0 Å². The molecule has 0 unspecified atom stereocenters. The lowest BCUT2D eigenvalue weighted by atomic mass is 10.2. The normalized spacial score (nSPS) is 15.3. The Hall–Kier alpha value is -2.91. The molecule has 1 fully saturated rings. The molecule has 1 heterocycles. The average Bonchev–Trinajstić information content (AvgIpc) is 3.31. The van der Waals surface area contributed by atoms with Crippen LogP contribution in [0.5, 0.6) is 0 Å². The predicted octanol–water partition coefficient (Wildman–Crippen LogP) is 3.09. The van der Waals surface area contributed by atoms with Crippen LogP contribution in [0.2, 0.25) is 0 Å². The molecule has 1 aliphatic rings. The number of ether oxygens (including phenoxy) is 1. The van der Waals surface area contributed by atoms with Gasteiger partial charge in [0.15, 0.2) is 0 Å². The zero-order valence-electron chi connectivity index (χ0n) is 17.6. The van der Waals surface area contributed by atoms with Crippen LogP contribution in [0.3, 0.4) is 0 Å². The second kappa shape index (κ2) is 9.93. The molecule has 1 amide bonds. The summed E-state index contributed by atoms with van der Waals surface area (Å²) in [4.78, 5) is 24.4. The van der Waals surface area contributed by atoms with E-state index in [4.69, 9.17) is 4.74 Å². The maximum atomic E-state index is 12.6. The highest BCUT2D eigenvalue weighted by atomic mass is 32.2. The lowest BCUT2D eigenvalue weighted by molar-refractivity contribution is -0.116. The van der Waals surface area contributed by atoms with E-state index in [0.29, 0.717) is 36.6 Å². The number of nitrogens with zero attached hydrogens (tertiary/aromatic N) is 1. The van der Waals surface area contributed by atoms with Gasteiger partial charge in [0.2, 0.25) is 15.9 Å². The third-order valence-electron chi connectivity index (χ3n) is 5.00. The largest absolute Gasteiger partial charge is 0.462 e. The Labute approximate surface area is 182 Å². The number of carbonyl (C=O) groups excluding carboxylic acids is 2. The van der Waals surface area contributed by atoms with Crippen LogP contribution >= 0.6 is 0 Å². The van der Waals surface area contributed by atoms with Gasteiger partial charge in [-0.05, 0) is 75.2 Å². The molecule has 0 spiro atoms. The topological polar surface area (TPSA) is 105 Å². The number of nitrogens with one attached hydrogen (secondary N) is 2. The van der Waals surface area contributed by atoms with Crippen molar-refractivity contribution in [1.29, 1.82) is 0 Å². The lowest BCUT2D eigenvalue weighted by Gasteiger charge is -2.17. The number of anilines is 2. The Kier molecular flexibility index (Phi) is 7.29. The summed E-state index contributed by atoms with van der Waals surface area (Å²) in [5, 5.41) is 5.84. The number of esters is 1. The van der Waals surface area contributed by atoms with E-state index in [9.17, 15) is 18.0 Å². The van der Waals surface area contributed by atoms with Crippen molar-refractivity contribution in [1.82, 2.24) is 4.31 Å². The van der Waals surface area contributed by atoms with Crippen molar-refractivity contribution in [2.45, 2.75) is 37.6 Å². The fraction of sp³-hybridized carbons (Fsp3) is 0.364. The quantitative estimate of drug-likeness (QED) is 0.605. The van der Waals surface area contributed by atoms with Gasteiger partial charge in [-0.2, -0.15) is 4.31 Å². The second-order valence-electron chi connectivity index (χ2n) is 7.29. The Bertz CT molecular complexity index is 1010. The minimum absolute atomic E-state index is 0.222. The molecule has 1 aliphatic heterocycles. The van der Waals surface area contributed by atoms with Crippen molar-refractivity contribution in [3.05, 3.63) is 54.1 Å². The lowest BCUT2D eigenvalue weighted by Crippen LogP contribution is -2.32. The van der Waals surface area contributed by atoms with Crippen LogP contribution in [0, 0.1) is 0 Å². The molecule has 9 heteroatoms. The average molecular weight is 446 g/mol. The van der Waals surface area contributed by atoms with Crippen LogP contribution in [0.15, 0.2) is 53.4 Å². The Balaban J connectivity index is 1.57. The van der Waals surface area contributed by atoms with E-state index in [1.165, 1.54) is 16.4 Å². The molecule has 0 radical (unpaired) electrons. The van der Waals surface area contributed by atoms with Crippen molar-refractivity contribution >= 4 is 33.3 Å². The summed E-state index contributed by atoms with van der Waals surface area (Å²) in [6.07, 6.45) is 1.76. The van der Waals surface area contributed by atoms with Crippen molar-refractivity contribution in [2.24, 2.45) is 0 Å². The van der Waals surface area contributed by atoms with Crippen molar-refractivity contribution in [3.8, 4) is 0 Å². The first-order valence-electron chi connectivity index (χ1n) is 10.3. The molecule has 2 aromatic carbocycles. The molecule has 0 aliphatic carbocycles. The molecule has 31 heavy (non-hydrogen) atoms. The van der Waals surface area contributed by atoms with E-state index in [1.54, 1.807) is 50.2 Å². The summed E-state index contributed by atoms with van der Waals surface area (Å²) in [7, 11) is -3.48. The summed E-state index contributed by atoms with van der Waals surface area (Å²) in [6, 6.07) is 12.3. The van der Waals surface area contributed by atoms with E-state index in [1.807, 2.05) is 0 Å². The first-order valence-corrected chi connectivity index (χ1v) is 11.7. The van der Waals surface area contributed by atoms with Crippen molar-refractivity contribution in [3.63, 3.8) is 0 Å². The molecule has 2 aromatic rings. The van der Waals surface area contributed by atoms with Gasteiger partial charge in [-0.15, -0.1) is 0 Å². The number of benzene rings is 2. The summed E-state index contributed by atoms with van der Waals surface area (Å²) < 4.78 is 31.6. The molecule has 1 saturated heterocycles. The van der Waals surface area contributed by atoms with Crippen LogP contribution in [0.25, 0.3) is 0 Å². The maximum Gasteiger partial charge on any atom is 0.338 e. The Morgan fingerprint density at radius 3 is 2.16 bits per heavy atom. The van der Waals surface area contributed by atoms with E-state index >= 15 is 0 Å². The Morgan fingerprint density at radius 2 is 1.58 bits per heavy atom. The highest BCUT2D eigenvalue weighted by Crippen LogP contribution is 2.22. The van der Waals surface area contributed by atoms with E-state index in [0.717, 1.165) is 12.8 Å². The first-order chi connectivity index (χ1) is 14.8. The third kappa shape index (κ3) is 5.62. The van der Waals surface area contributed by atoms with Crippen molar-refractivity contribution in [2.75, 3.05) is 30.3 Å². The van der Waals surface area contributed by atoms with Gasteiger partial charge in [-0.3, -0.25) is 4.79 Å². The van der Waals surface area contributed by atoms with Crippen LogP contribution in [0.1, 0.15) is 37.0 Å². The summed E-state index contributed by atoms with van der Waals surface area (Å²) in [5.74, 6) is -0.667. The van der Waals surface area contributed by atoms with Gasteiger partial charge in [-0.25, -0.2) is 13.2 Å². The van der Waals surface area contributed by atoms with Crippen LogP contribution < -0.4 is 10.6 Å². The van der Waals surface area contributed by atoms with Gasteiger partial charge in [0.1, 0.15) is 6.04 Å². The zero-order chi connectivity index (χ0) is 22.4. The van der Waals surface area contributed by atoms with Gasteiger partial charge < -0.3 is 15.4 Å². The first kappa shape index (κ1) is 22.8. The fourth-order valence-electron chi connectivity index (χ4n) is 3.27. The molecule has 1 atom stereocenters. The maximum absolute atomic E-state index is 12.6. The van der Waals surface area contributed by atoms with E-state index < -0.39 is 22.0 Å². The van der Waals surface area contributed by atoms with E-state index in [-0.39, 0.29) is 10.8 Å². The number of amides is 1. The Morgan fingerprint density at radius 1 is 1.00 bits per heavy atom. The molecular formula is C22H27N3O5S. The molecule has 3 rings (SSSR count). The molecular weight excluding hydrogens is 418 g/mol. The molecule has 0 saturated carbocycles. The zero-order valence-corrected chi connectivity index (χ0v) is 18.4. The van der Waals surface area contributed by atoms with Gasteiger partial charge in [-0.1, -0.05) is 0 Å². The number of rotatable bonds is 8. The molecule has 8 nitrogen and oxygen atoms in total. The smallest absolute Gasteiger partial charge is 0.338 e. The SMILES string of the molecule is CCOC(=O)c1ccc(N[C@@H](C)C(=O)Nc2ccc(S(=O)(=O)N3CCCC3)cc2)cc1. The number of sulfonamides is 1. The van der Waals surface area contributed by atoms with Gasteiger partial charge in [0.05, 0.1) is 17.1 Å². The minimum atomic E-state index is -3.48. The number of hydrogen-bond donors (Lipinski definition) is 2. The summed E-state index contributed by atoms with van der Waals surface area (Å²) in [5.41, 5.74) is 1.63. The summed E-state index contributed by atoms with van der Waals surface area (Å²) >= 11 is 0. The van der Waals surface area contributed by atoms with Crippen molar-refractivity contribution < 1.29 is 22.7 Å². The van der Waals surface area contributed by atoms with Gasteiger partial charge >= 0.3 is 5.97 Å². The number of hydrogen-bond acceptors (Lipinski definition) is 6. The van der Waals surface area contributed by atoms with Crippen LogP contribution in [-0.2, 0) is 19.6 Å². The molecule has 2 N–H and O–H groups in total. The monoisotopic (exact) mass is 445 g/mol. The highest BCUT2D eigenvalue weighted by molar-refractivity contribution is 7.89. The fourth-order valence-corrected chi connectivity index (χ4v) is 4.79. The highest BCUT2D eigenvalue weighted by Gasteiger charge is 2.27. The standard InChI is InChI=1S/C22H27N3O5S/c1-3-30-22(27)17-6-8-18(9-7-17)23-16(2)21(26)24-19-10-12-20(13-11-19)31(28,29)25-14-4-5-15-25/h6-13,16,23H,3-5,14-15H2,1-2H3,(H,24,26)/t16-/m0/s1. The molecule has 0 bridgehead atoms. The summed E-state index contributed by atoms with van der Waals surface area (Å²) in [6.45, 7) is 4.85. The van der Waals surface area contributed by atoms with Gasteiger partial charge in [0, 0.05) is 24.5 Å². The predicted molar refractivity (Wildman–Crippen MR) is 119 cm³/mol. The molecule has 166 valence electrons. The number of carbonyl (C=O) groups is 2. The van der Waals surface area contributed by atoms with E-state index in [2.05, 4.69) is 10.6 Å². The second-order valence-corrected chi connectivity index (χ2v) is 9.23. The molecule has 0 aromatic heterocycles. The van der Waals surface area contributed by atoms with Crippen LogP contribution in [-0.4, -0.2) is 50.3 Å². The third-order valence-corrected chi connectivity index (χ3v) is 6.91. The van der Waals surface area contributed by atoms with Crippen LogP contribution in [0.4, 0.5) is 11.4 Å². The minimum Gasteiger partial charge on any atom is -0.462 e.